The molecule has 2 heterocycles. The van der Waals surface area contributed by atoms with Crippen LogP contribution >= 0.6 is 0 Å². The first-order valence-corrected chi connectivity index (χ1v) is 11.2. The van der Waals surface area contributed by atoms with Crippen LogP contribution < -0.4 is 0 Å². The Balaban J connectivity index is 1.36. The molecule has 0 unspecified atom stereocenters. The molecule has 0 atom stereocenters. The number of nitrogens with zero attached hydrogens (tertiary/aromatic N) is 4. The molecule has 0 aliphatic carbocycles. The largest absolute Gasteiger partial charge is 0.282 e. The first-order valence-electron chi connectivity index (χ1n) is 9.80. The number of nitrogens with one attached hydrogen (secondary N) is 1. The van der Waals surface area contributed by atoms with E-state index in [0.29, 0.717) is 19.4 Å². The maximum Gasteiger partial charge on any atom is 0.245 e. The molecule has 4 rings (SSSR count). The zero-order chi connectivity index (χ0) is 21.8. The molecule has 0 radical (unpaired) electrons. The highest BCUT2D eigenvalue weighted by molar-refractivity contribution is 7.89. The van der Waals surface area contributed by atoms with Gasteiger partial charge >= 0.3 is 0 Å². The summed E-state index contributed by atoms with van der Waals surface area (Å²) in [6.07, 6.45) is 4.14. The van der Waals surface area contributed by atoms with Crippen LogP contribution in [0.5, 0.6) is 0 Å². The molecule has 31 heavy (non-hydrogen) atoms. The van der Waals surface area contributed by atoms with E-state index >= 15 is 0 Å². The normalized spacial score (nSPS) is 11.8. The summed E-state index contributed by atoms with van der Waals surface area (Å²) in [5.41, 5.74) is 3.23. The van der Waals surface area contributed by atoms with Gasteiger partial charge < -0.3 is 0 Å². The quantitative estimate of drug-likeness (QED) is 0.454. The van der Waals surface area contributed by atoms with E-state index in [1.165, 1.54) is 28.8 Å². The predicted molar refractivity (Wildman–Crippen MR) is 116 cm³/mol. The molecule has 0 aliphatic rings. The zero-order valence-electron chi connectivity index (χ0n) is 16.9. The molecule has 160 valence electrons. The molecule has 0 spiro atoms. The fourth-order valence-electron chi connectivity index (χ4n) is 3.21. The van der Waals surface area contributed by atoms with Crippen molar-refractivity contribution in [1.82, 2.24) is 24.3 Å². The molecular formula is C22H22FN5O2S. The van der Waals surface area contributed by atoms with Gasteiger partial charge in [-0.05, 0) is 55.3 Å². The number of halogens is 1. The van der Waals surface area contributed by atoms with Crippen molar-refractivity contribution in [1.29, 1.82) is 0 Å². The minimum Gasteiger partial charge on any atom is -0.282 e. The lowest BCUT2D eigenvalue weighted by atomic mass is 10.1. The van der Waals surface area contributed by atoms with Gasteiger partial charge in [-0.3, -0.25) is 5.10 Å². The van der Waals surface area contributed by atoms with Crippen molar-refractivity contribution in [2.24, 2.45) is 0 Å². The summed E-state index contributed by atoms with van der Waals surface area (Å²) in [6, 6.07) is 17.4. The average Bonchev–Trinajstić information content (AvgIpc) is 3.45. The number of H-pyrrole nitrogens is 1. The topological polar surface area (TPSA) is 83.9 Å². The summed E-state index contributed by atoms with van der Waals surface area (Å²) >= 11 is 0. The van der Waals surface area contributed by atoms with E-state index in [2.05, 4.69) is 15.3 Å². The molecule has 1 N–H and O–H groups in total. The fourth-order valence-corrected chi connectivity index (χ4v) is 4.35. The van der Waals surface area contributed by atoms with Crippen LogP contribution in [0.15, 0.2) is 78.0 Å². The number of aromatic amines is 1. The molecular weight excluding hydrogens is 417 g/mol. The number of para-hydroxylation sites is 1. The predicted octanol–water partition coefficient (Wildman–Crippen LogP) is 3.65. The lowest BCUT2D eigenvalue weighted by molar-refractivity contribution is 0.460. The van der Waals surface area contributed by atoms with Crippen molar-refractivity contribution in [2.75, 3.05) is 13.6 Å². The van der Waals surface area contributed by atoms with E-state index in [1.807, 2.05) is 36.4 Å². The highest BCUT2D eigenvalue weighted by Gasteiger charge is 2.22. The Bertz CT molecular complexity index is 1250. The molecule has 9 heteroatoms. The van der Waals surface area contributed by atoms with Crippen molar-refractivity contribution >= 4 is 10.0 Å². The van der Waals surface area contributed by atoms with E-state index in [4.69, 9.17) is 0 Å². The first kappa shape index (κ1) is 21.0. The van der Waals surface area contributed by atoms with Crippen molar-refractivity contribution in [3.8, 4) is 16.9 Å². The van der Waals surface area contributed by atoms with Gasteiger partial charge in [0.1, 0.15) is 10.7 Å². The summed E-state index contributed by atoms with van der Waals surface area (Å²) in [5, 5.41) is 11.4. The second-order valence-electron chi connectivity index (χ2n) is 7.17. The van der Waals surface area contributed by atoms with Crippen molar-refractivity contribution < 1.29 is 12.8 Å². The molecule has 0 aliphatic heterocycles. The molecule has 2 aromatic carbocycles. The maximum atomic E-state index is 13.1. The molecule has 0 saturated heterocycles. The monoisotopic (exact) mass is 439 g/mol. The summed E-state index contributed by atoms with van der Waals surface area (Å²) in [5.74, 6) is -0.293. The van der Waals surface area contributed by atoms with E-state index in [9.17, 15) is 12.8 Å². The molecule has 0 saturated carbocycles. The van der Waals surface area contributed by atoms with Gasteiger partial charge in [0.05, 0.1) is 23.8 Å². The molecule has 7 nitrogen and oxygen atoms in total. The minimum absolute atomic E-state index is 0.152. The number of benzene rings is 2. The third kappa shape index (κ3) is 4.73. The van der Waals surface area contributed by atoms with Gasteiger partial charge in [-0.25, -0.2) is 21.8 Å². The molecule has 2 aromatic heterocycles. The summed E-state index contributed by atoms with van der Waals surface area (Å²) in [4.78, 5) is 0.152. The second-order valence-corrected chi connectivity index (χ2v) is 9.22. The Morgan fingerprint density at radius 1 is 1.10 bits per heavy atom. The van der Waals surface area contributed by atoms with Crippen molar-refractivity contribution in [3.63, 3.8) is 0 Å². The van der Waals surface area contributed by atoms with Gasteiger partial charge in [0.15, 0.2) is 0 Å². The highest BCUT2D eigenvalue weighted by atomic mass is 32.2. The zero-order valence-corrected chi connectivity index (χ0v) is 17.8. The van der Waals surface area contributed by atoms with Gasteiger partial charge in [0.25, 0.3) is 0 Å². The number of sulfonamides is 1. The molecule has 0 fully saturated rings. The van der Waals surface area contributed by atoms with Crippen LogP contribution in [0.4, 0.5) is 4.39 Å². The van der Waals surface area contributed by atoms with E-state index in [1.54, 1.807) is 23.9 Å². The van der Waals surface area contributed by atoms with Crippen molar-refractivity contribution in [3.05, 3.63) is 84.6 Å². The smallest absolute Gasteiger partial charge is 0.245 e. The Labute approximate surface area is 180 Å². The number of hydrogen-bond acceptors (Lipinski definition) is 4. The number of aryl methyl sites for hydroxylation is 1. The molecule has 0 bridgehead atoms. The SMILES string of the molecule is CN(CCCc1cc(-c2ccc(F)cc2)n[nH]1)S(=O)(=O)c1cnn(-c2ccccc2)c1. The summed E-state index contributed by atoms with van der Waals surface area (Å²) in [6.45, 7) is 0.351. The van der Waals surface area contributed by atoms with Crippen LogP contribution in [-0.4, -0.2) is 46.3 Å². The number of aromatic nitrogens is 4. The summed E-state index contributed by atoms with van der Waals surface area (Å²) < 4.78 is 41.7. The minimum atomic E-state index is -3.63. The van der Waals surface area contributed by atoms with E-state index in [0.717, 1.165) is 22.6 Å². The third-order valence-electron chi connectivity index (χ3n) is 4.98. The fraction of sp³-hybridized carbons (Fsp3) is 0.182. The third-order valence-corrected chi connectivity index (χ3v) is 6.79. The van der Waals surface area contributed by atoms with Crippen LogP contribution in [0.1, 0.15) is 12.1 Å². The van der Waals surface area contributed by atoms with Crippen LogP contribution in [0, 0.1) is 5.82 Å². The Kier molecular flexibility index (Phi) is 5.97. The van der Waals surface area contributed by atoms with E-state index < -0.39 is 10.0 Å². The summed E-state index contributed by atoms with van der Waals surface area (Å²) in [7, 11) is -2.07. The Morgan fingerprint density at radius 3 is 2.58 bits per heavy atom. The van der Waals surface area contributed by atoms with Gasteiger partial charge in [0.2, 0.25) is 10.0 Å². The highest BCUT2D eigenvalue weighted by Crippen LogP contribution is 2.20. The van der Waals surface area contributed by atoms with Crippen LogP contribution in [0.2, 0.25) is 0 Å². The van der Waals surface area contributed by atoms with E-state index in [-0.39, 0.29) is 10.7 Å². The second kappa shape index (κ2) is 8.83. The van der Waals surface area contributed by atoms with Crippen LogP contribution in [-0.2, 0) is 16.4 Å². The maximum absolute atomic E-state index is 13.1. The van der Waals surface area contributed by atoms with Crippen LogP contribution in [0.25, 0.3) is 16.9 Å². The lowest BCUT2D eigenvalue weighted by Gasteiger charge is -2.15. The van der Waals surface area contributed by atoms with Crippen LogP contribution in [0.3, 0.4) is 0 Å². The molecule has 0 amide bonds. The standard InChI is InChI=1S/C22H22FN5O2S/c1-27(31(29,30)21-15-24-28(16-21)20-7-3-2-4-8-20)13-5-6-19-14-22(26-25-19)17-9-11-18(23)12-10-17/h2-4,7-12,14-16H,5-6,13H2,1H3,(H,25,26). The van der Waals surface area contributed by atoms with Crippen molar-refractivity contribution in [2.45, 2.75) is 17.7 Å². The average molecular weight is 440 g/mol. The lowest BCUT2D eigenvalue weighted by Crippen LogP contribution is -2.28. The van der Waals surface area contributed by atoms with Gasteiger partial charge in [-0.15, -0.1) is 0 Å². The van der Waals surface area contributed by atoms with Gasteiger partial charge in [-0.2, -0.15) is 10.2 Å². The van der Waals surface area contributed by atoms with Gasteiger partial charge in [0, 0.05) is 24.8 Å². The van der Waals surface area contributed by atoms with Gasteiger partial charge in [-0.1, -0.05) is 18.2 Å². The Hall–Kier alpha value is -3.30. The number of hydrogen-bond donors (Lipinski definition) is 1. The first-order chi connectivity index (χ1) is 14.9. The molecule has 4 aromatic rings. The number of rotatable bonds is 8. The Morgan fingerprint density at radius 2 is 1.84 bits per heavy atom.